The summed E-state index contributed by atoms with van der Waals surface area (Å²) >= 11 is 0. The van der Waals surface area contributed by atoms with Crippen molar-refractivity contribution >= 4 is 11.7 Å². The summed E-state index contributed by atoms with van der Waals surface area (Å²) in [4.78, 5) is 10.4. The summed E-state index contributed by atoms with van der Waals surface area (Å²) in [6.07, 6.45) is 4.49. The first kappa shape index (κ1) is 9.25. The van der Waals surface area contributed by atoms with Crippen LogP contribution in [0.4, 0.5) is 0 Å². The molecule has 0 unspecified atom stereocenters. The van der Waals surface area contributed by atoms with Crippen molar-refractivity contribution in [3.8, 4) is 0 Å². The van der Waals surface area contributed by atoms with Gasteiger partial charge < -0.3 is 10.8 Å². The van der Waals surface area contributed by atoms with E-state index in [1.54, 1.807) is 22.9 Å². The Kier molecular flexibility index (Phi) is 2.64. The lowest BCUT2D eigenvalue weighted by molar-refractivity contribution is -0.671. The number of hydrogen-bond acceptors (Lipinski definition) is 2. The van der Waals surface area contributed by atoms with Gasteiger partial charge in [-0.3, -0.25) is 4.79 Å². The summed E-state index contributed by atoms with van der Waals surface area (Å²) in [6.45, 7) is 0. The van der Waals surface area contributed by atoms with E-state index in [1.807, 2.05) is 13.2 Å². The third-order valence-electron chi connectivity index (χ3n) is 1.51. The fourth-order valence-corrected chi connectivity index (χ4v) is 0.958. The van der Waals surface area contributed by atoms with E-state index in [-0.39, 0.29) is 5.76 Å². The van der Waals surface area contributed by atoms with Crippen LogP contribution < -0.4 is 10.3 Å². The van der Waals surface area contributed by atoms with Gasteiger partial charge in [-0.2, -0.15) is 0 Å². The maximum atomic E-state index is 10.4. The van der Waals surface area contributed by atoms with Gasteiger partial charge >= 0.3 is 0 Å². The van der Waals surface area contributed by atoms with Gasteiger partial charge in [0.1, 0.15) is 12.8 Å². The molecule has 0 fully saturated rings. The summed E-state index contributed by atoms with van der Waals surface area (Å²) in [6, 6.07) is 3.45. The average Bonchev–Trinajstić information content (AvgIpc) is 2.03. The molecule has 1 amide bonds. The van der Waals surface area contributed by atoms with Crippen LogP contribution in [-0.4, -0.2) is 11.0 Å². The molecule has 68 valence electrons. The predicted octanol–water partition coefficient (Wildman–Crippen LogP) is -0.105. The number of pyridine rings is 1. The molecule has 0 bridgehead atoms. The molecule has 0 saturated carbocycles. The third kappa shape index (κ3) is 2.59. The SMILES string of the molecule is C[n+]1cccc(/C(O)=C/C(N)=O)c1. The molecule has 0 atom stereocenters. The molecule has 0 spiro atoms. The van der Waals surface area contributed by atoms with Gasteiger partial charge in [-0.05, 0) is 6.07 Å². The first-order valence-electron chi connectivity index (χ1n) is 3.75. The second-order valence-electron chi connectivity index (χ2n) is 2.69. The van der Waals surface area contributed by atoms with E-state index in [0.717, 1.165) is 6.08 Å². The summed E-state index contributed by atoms with van der Waals surface area (Å²) in [5, 5.41) is 9.36. The fourth-order valence-electron chi connectivity index (χ4n) is 0.958. The van der Waals surface area contributed by atoms with Crippen LogP contribution in [0, 0.1) is 0 Å². The number of nitrogens with zero attached hydrogens (tertiary/aromatic N) is 1. The Morgan fingerprint density at radius 1 is 1.69 bits per heavy atom. The lowest BCUT2D eigenvalue weighted by Gasteiger charge is -1.96. The van der Waals surface area contributed by atoms with Gasteiger partial charge in [0.2, 0.25) is 5.91 Å². The largest absolute Gasteiger partial charge is 0.507 e. The Balaban J connectivity index is 3.02. The van der Waals surface area contributed by atoms with E-state index in [9.17, 15) is 9.90 Å². The number of rotatable bonds is 2. The van der Waals surface area contributed by atoms with Crippen LogP contribution in [0.1, 0.15) is 5.56 Å². The van der Waals surface area contributed by atoms with Gasteiger partial charge in [-0.1, -0.05) is 0 Å². The van der Waals surface area contributed by atoms with Crippen molar-refractivity contribution in [3.05, 3.63) is 36.2 Å². The van der Waals surface area contributed by atoms with Crippen LogP contribution in [0.2, 0.25) is 0 Å². The Hall–Kier alpha value is -1.84. The molecule has 0 radical (unpaired) electrons. The number of carbonyl (C=O) groups excluding carboxylic acids is 1. The van der Waals surface area contributed by atoms with Gasteiger partial charge in [0.25, 0.3) is 0 Å². The second-order valence-corrected chi connectivity index (χ2v) is 2.69. The molecule has 1 aromatic heterocycles. The highest BCUT2D eigenvalue weighted by atomic mass is 16.3. The highest BCUT2D eigenvalue weighted by molar-refractivity contribution is 5.92. The van der Waals surface area contributed by atoms with Crippen LogP contribution in [0.15, 0.2) is 30.6 Å². The Morgan fingerprint density at radius 2 is 2.38 bits per heavy atom. The first-order valence-corrected chi connectivity index (χ1v) is 3.75. The van der Waals surface area contributed by atoms with Gasteiger partial charge in [0, 0.05) is 12.1 Å². The lowest BCUT2D eigenvalue weighted by Crippen LogP contribution is -2.26. The number of primary amides is 1. The van der Waals surface area contributed by atoms with E-state index >= 15 is 0 Å². The summed E-state index contributed by atoms with van der Waals surface area (Å²) in [5.41, 5.74) is 5.45. The molecule has 0 aromatic carbocycles. The number of nitrogens with two attached hydrogens (primary N) is 1. The van der Waals surface area contributed by atoms with E-state index in [0.29, 0.717) is 5.56 Å². The fraction of sp³-hybridized carbons (Fsp3) is 0.111. The third-order valence-corrected chi connectivity index (χ3v) is 1.51. The smallest absolute Gasteiger partial charge is 0.245 e. The summed E-state index contributed by atoms with van der Waals surface area (Å²) in [7, 11) is 1.82. The summed E-state index contributed by atoms with van der Waals surface area (Å²) < 4.78 is 1.76. The van der Waals surface area contributed by atoms with Crippen LogP contribution >= 0.6 is 0 Å². The Labute approximate surface area is 75.9 Å². The molecular weight excluding hydrogens is 168 g/mol. The second kappa shape index (κ2) is 3.71. The van der Waals surface area contributed by atoms with Crippen molar-refractivity contribution in [3.63, 3.8) is 0 Å². The summed E-state index contributed by atoms with van der Waals surface area (Å²) in [5.74, 6) is -0.785. The molecule has 13 heavy (non-hydrogen) atoms. The molecule has 0 aliphatic rings. The van der Waals surface area contributed by atoms with Gasteiger partial charge in [-0.15, -0.1) is 0 Å². The van der Waals surface area contributed by atoms with Crippen molar-refractivity contribution in [2.45, 2.75) is 0 Å². The molecule has 0 saturated heterocycles. The Morgan fingerprint density at radius 3 is 2.92 bits per heavy atom. The molecule has 4 heteroatoms. The topological polar surface area (TPSA) is 67.2 Å². The van der Waals surface area contributed by atoms with E-state index in [4.69, 9.17) is 5.73 Å². The van der Waals surface area contributed by atoms with E-state index in [1.165, 1.54) is 0 Å². The number of amides is 1. The number of aliphatic hydroxyl groups is 1. The normalized spacial score (nSPS) is 11.3. The molecule has 3 N–H and O–H groups in total. The number of carbonyl (C=O) groups is 1. The van der Waals surface area contributed by atoms with Crippen LogP contribution in [0.5, 0.6) is 0 Å². The molecule has 1 heterocycles. The zero-order chi connectivity index (χ0) is 9.84. The maximum absolute atomic E-state index is 10.4. The Bertz CT molecular complexity index is 358. The molecular formula is C9H11N2O2+. The molecule has 0 aliphatic carbocycles. The van der Waals surface area contributed by atoms with Crippen LogP contribution in [0.25, 0.3) is 5.76 Å². The zero-order valence-corrected chi connectivity index (χ0v) is 7.27. The van der Waals surface area contributed by atoms with Crippen molar-refractivity contribution in [1.29, 1.82) is 0 Å². The van der Waals surface area contributed by atoms with Crippen molar-refractivity contribution in [2.75, 3.05) is 0 Å². The minimum absolute atomic E-state index is 0.122. The lowest BCUT2D eigenvalue weighted by atomic mass is 10.2. The molecule has 1 rings (SSSR count). The van der Waals surface area contributed by atoms with Crippen molar-refractivity contribution in [2.24, 2.45) is 12.8 Å². The van der Waals surface area contributed by atoms with Crippen molar-refractivity contribution < 1.29 is 14.5 Å². The number of aromatic nitrogens is 1. The highest BCUT2D eigenvalue weighted by Gasteiger charge is 2.03. The maximum Gasteiger partial charge on any atom is 0.245 e. The van der Waals surface area contributed by atoms with Gasteiger partial charge in [0.15, 0.2) is 12.4 Å². The molecule has 1 aromatic rings. The van der Waals surface area contributed by atoms with Gasteiger partial charge in [0.05, 0.1) is 5.56 Å². The van der Waals surface area contributed by atoms with Crippen molar-refractivity contribution in [1.82, 2.24) is 0 Å². The standard InChI is InChI=1S/C9H10N2O2/c1-11-4-2-3-7(6-11)8(12)5-9(10)13/h2-6H,1H3,(H2-,10,12,13)/p+1. The quantitative estimate of drug-likeness (QED) is 0.378. The first-order chi connectivity index (χ1) is 6.09. The van der Waals surface area contributed by atoms with E-state index in [2.05, 4.69) is 0 Å². The minimum atomic E-state index is -0.663. The van der Waals surface area contributed by atoms with Crippen LogP contribution in [0.3, 0.4) is 0 Å². The number of aryl methyl sites for hydroxylation is 1. The average molecular weight is 179 g/mol. The zero-order valence-electron chi connectivity index (χ0n) is 7.27. The van der Waals surface area contributed by atoms with Gasteiger partial charge in [-0.25, -0.2) is 4.57 Å². The number of aliphatic hydroxyl groups excluding tert-OH is 1. The number of hydrogen-bond donors (Lipinski definition) is 2. The van der Waals surface area contributed by atoms with E-state index < -0.39 is 5.91 Å². The van der Waals surface area contributed by atoms with Crippen LogP contribution in [-0.2, 0) is 11.8 Å². The monoisotopic (exact) mass is 179 g/mol. The highest BCUT2D eigenvalue weighted by Crippen LogP contribution is 2.06. The minimum Gasteiger partial charge on any atom is -0.507 e. The molecule has 4 nitrogen and oxygen atoms in total. The predicted molar refractivity (Wildman–Crippen MR) is 47.4 cm³/mol. The molecule has 0 aliphatic heterocycles.